The number of nitrogens with one attached hydrogen (secondary N) is 1. The molecule has 0 aromatic carbocycles. The number of hydrogen-bond acceptors (Lipinski definition) is 6. The van der Waals surface area contributed by atoms with Crippen LogP contribution < -0.4 is 11.1 Å². The fraction of sp³-hybridized carbons (Fsp3) is 0.750. The Bertz CT molecular complexity index is 539. The summed E-state index contributed by atoms with van der Waals surface area (Å²) in [6.45, 7) is 3.06. The van der Waals surface area contributed by atoms with E-state index in [1.807, 2.05) is 0 Å². The largest absolute Gasteiger partial charge is 0.382 e. The summed E-state index contributed by atoms with van der Waals surface area (Å²) in [5.74, 6) is 1.39. The minimum Gasteiger partial charge on any atom is -0.382 e. The fourth-order valence-corrected chi connectivity index (χ4v) is 4.76. The van der Waals surface area contributed by atoms with Crippen LogP contribution in [0.25, 0.3) is 0 Å². The average Bonchev–Trinajstić information content (AvgIpc) is 2.69. The maximum Gasteiger partial charge on any atom is 0.182 e. The van der Waals surface area contributed by atoms with Crippen LogP contribution in [0.4, 0.5) is 10.8 Å². The molecule has 1 aliphatic carbocycles. The van der Waals surface area contributed by atoms with Crippen molar-refractivity contribution < 1.29 is 8.42 Å². The van der Waals surface area contributed by atoms with Gasteiger partial charge in [0.25, 0.3) is 0 Å². The topological polar surface area (TPSA) is 85.1 Å². The molecule has 1 fully saturated rings. The van der Waals surface area contributed by atoms with Crippen molar-refractivity contribution in [2.45, 2.75) is 37.5 Å². The van der Waals surface area contributed by atoms with Gasteiger partial charge in [0.05, 0.1) is 0 Å². The molecule has 0 aliphatic heterocycles. The number of nitrogens with two attached hydrogens (primary N) is 1. The second-order valence-corrected chi connectivity index (χ2v) is 8.13. The first-order valence-electron chi connectivity index (χ1n) is 6.58. The summed E-state index contributed by atoms with van der Waals surface area (Å²) < 4.78 is 27.3. The van der Waals surface area contributed by atoms with Gasteiger partial charge in [-0.2, -0.15) is 4.37 Å². The maximum atomic E-state index is 11.7. The molecule has 0 radical (unpaired) electrons. The van der Waals surface area contributed by atoms with E-state index in [1.54, 1.807) is 0 Å². The van der Waals surface area contributed by atoms with Gasteiger partial charge < -0.3 is 11.1 Å². The molecule has 7 heteroatoms. The minimum absolute atomic E-state index is 0.103. The number of sulfone groups is 1. The summed E-state index contributed by atoms with van der Waals surface area (Å²) in [7, 11) is -3.33. The van der Waals surface area contributed by atoms with Crippen molar-refractivity contribution in [2.24, 2.45) is 11.8 Å². The van der Waals surface area contributed by atoms with E-state index in [-0.39, 0.29) is 10.7 Å². The predicted molar refractivity (Wildman–Crippen MR) is 79.2 cm³/mol. The Balaban J connectivity index is 2.08. The van der Waals surface area contributed by atoms with E-state index in [0.717, 1.165) is 18.1 Å². The lowest BCUT2D eigenvalue weighted by atomic mass is 9.80. The zero-order chi connectivity index (χ0) is 14.0. The van der Waals surface area contributed by atoms with Gasteiger partial charge in [0.1, 0.15) is 9.90 Å². The number of hydrogen-bond donors (Lipinski definition) is 2. The quantitative estimate of drug-likeness (QED) is 0.892. The van der Waals surface area contributed by atoms with Crippen molar-refractivity contribution in [3.63, 3.8) is 0 Å². The highest BCUT2D eigenvalue weighted by atomic mass is 32.2. The number of nitrogen functional groups attached to an aromatic ring is 1. The van der Waals surface area contributed by atoms with Crippen LogP contribution in [0.5, 0.6) is 0 Å². The minimum atomic E-state index is -3.33. The highest BCUT2D eigenvalue weighted by Gasteiger charge is 2.24. The Morgan fingerprint density at radius 1 is 1.42 bits per heavy atom. The Hall–Kier alpha value is -0.820. The van der Waals surface area contributed by atoms with Gasteiger partial charge in [-0.25, -0.2) is 8.42 Å². The summed E-state index contributed by atoms with van der Waals surface area (Å²) in [4.78, 5) is 0.154. The molecular formula is C12H21N3O2S2. The highest BCUT2D eigenvalue weighted by molar-refractivity contribution is 7.91. The van der Waals surface area contributed by atoms with E-state index >= 15 is 0 Å². The van der Waals surface area contributed by atoms with E-state index in [0.29, 0.717) is 16.8 Å². The Morgan fingerprint density at radius 3 is 2.74 bits per heavy atom. The lowest BCUT2D eigenvalue weighted by molar-refractivity contribution is 0.268. The van der Waals surface area contributed by atoms with Gasteiger partial charge in [-0.15, -0.1) is 0 Å². The molecular weight excluding hydrogens is 282 g/mol. The lowest BCUT2D eigenvalue weighted by Gasteiger charge is -2.28. The Labute approximate surface area is 118 Å². The van der Waals surface area contributed by atoms with Crippen LogP contribution in [0.15, 0.2) is 4.90 Å². The molecule has 108 valence electrons. The summed E-state index contributed by atoms with van der Waals surface area (Å²) in [6.07, 6.45) is 6.20. The molecule has 0 amide bonds. The van der Waals surface area contributed by atoms with Gasteiger partial charge in [-0.1, -0.05) is 26.2 Å². The molecule has 1 saturated carbocycles. The maximum absolute atomic E-state index is 11.7. The summed E-state index contributed by atoms with van der Waals surface area (Å²) >= 11 is 1.13. The molecule has 2 rings (SSSR count). The van der Waals surface area contributed by atoms with Gasteiger partial charge in [0.15, 0.2) is 15.7 Å². The predicted octanol–water partition coefficient (Wildman–Crippen LogP) is 2.37. The smallest absolute Gasteiger partial charge is 0.182 e. The van der Waals surface area contributed by atoms with Gasteiger partial charge in [-0.3, -0.25) is 0 Å². The second-order valence-electron chi connectivity index (χ2n) is 5.40. The third-order valence-corrected chi connectivity index (χ3v) is 5.96. The normalized spacial score (nSPS) is 24.3. The van der Waals surface area contributed by atoms with Crippen molar-refractivity contribution in [3.05, 3.63) is 0 Å². The molecule has 1 aromatic rings. The fourth-order valence-electron chi connectivity index (χ4n) is 2.69. The van der Waals surface area contributed by atoms with Gasteiger partial charge in [-0.05, 0) is 29.8 Å². The molecule has 5 nitrogen and oxygen atoms in total. The van der Waals surface area contributed by atoms with Gasteiger partial charge >= 0.3 is 0 Å². The average molecular weight is 303 g/mol. The van der Waals surface area contributed by atoms with Crippen molar-refractivity contribution in [1.82, 2.24) is 4.37 Å². The molecule has 2 unspecified atom stereocenters. The Kier molecular flexibility index (Phi) is 4.35. The highest BCUT2D eigenvalue weighted by Crippen LogP contribution is 2.34. The summed E-state index contributed by atoms with van der Waals surface area (Å²) in [5, 5.41) is 3.82. The molecule has 0 bridgehead atoms. The molecule has 1 aromatic heterocycles. The molecule has 0 saturated heterocycles. The van der Waals surface area contributed by atoms with Crippen LogP contribution in [0.1, 0.15) is 32.6 Å². The van der Waals surface area contributed by atoms with Gasteiger partial charge in [0.2, 0.25) is 0 Å². The van der Waals surface area contributed by atoms with Crippen LogP contribution in [0.2, 0.25) is 0 Å². The van der Waals surface area contributed by atoms with E-state index in [9.17, 15) is 8.42 Å². The molecule has 19 heavy (non-hydrogen) atoms. The van der Waals surface area contributed by atoms with Crippen molar-refractivity contribution in [1.29, 1.82) is 0 Å². The van der Waals surface area contributed by atoms with Crippen LogP contribution in [0.3, 0.4) is 0 Å². The molecule has 1 heterocycles. The SMILES string of the molecule is CC1CCCCC1CNc1snc(N)c1S(C)(=O)=O. The monoisotopic (exact) mass is 303 g/mol. The zero-order valence-electron chi connectivity index (χ0n) is 11.3. The van der Waals surface area contributed by atoms with E-state index in [2.05, 4.69) is 16.6 Å². The molecule has 2 atom stereocenters. The number of anilines is 2. The first kappa shape index (κ1) is 14.6. The zero-order valence-corrected chi connectivity index (χ0v) is 13.0. The molecule has 1 aliphatic rings. The third-order valence-electron chi connectivity index (χ3n) is 3.86. The van der Waals surface area contributed by atoms with E-state index in [4.69, 9.17) is 5.73 Å². The van der Waals surface area contributed by atoms with Crippen molar-refractivity contribution >= 4 is 32.2 Å². The number of aromatic nitrogens is 1. The number of rotatable bonds is 4. The standard InChI is InChI=1S/C12H21N3O2S2/c1-8-5-3-4-6-9(8)7-14-12-10(19(2,16)17)11(13)15-18-12/h8-9,14H,3-7H2,1-2H3,(H2,13,15). The van der Waals surface area contributed by atoms with Gasteiger partial charge in [0, 0.05) is 12.8 Å². The lowest BCUT2D eigenvalue weighted by Crippen LogP contribution is -2.24. The third kappa shape index (κ3) is 3.39. The van der Waals surface area contributed by atoms with Crippen molar-refractivity contribution in [3.8, 4) is 0 Å². The first-order chi connectivity index (χ1) is 8.89. The number of nitrogens with zero attached hydrogens (tertiary/aromatic N) is 1. The molecule has 3 N–H and O–H groups in total. The second kappa shape index (κ2) is 5.66. The van der Waals surface area contributed by atoms with E-state index in [1.165, 1.54) is 31.9 Å². The van der Waals surface area contributed by atoms with Crippen LogP contribution in [0, 0.1) is 11.8 Å². The molecule has 0 spiro atoms. The van der Waals surface area contributed by atoms with Crippen LogP contribution in [-0.2, 0) is 9.84 Å². The summed E-state index contributed by atoms with van der Waals surface area (Å²) in [6, 6.07) is 0. The summed E-state index contributed by atoms with van der Waals surface area (Å²) in [5.41, 5.74) is 5.64. The van der Waals surface area contributed by atoms with Crippen LogP contribution in [-0.4, -0.2) is 25.6 Å². The van der Waals surface area contributed by atoms with E-state index < -0.39 is 9.84 Å². The van der Waals surface area contributed by atoms with Crippen molar-refractivity contribution in [2.75, 3.05) is 23.9 Å². The first-order valence-corrected chi connectivity index (χ1v) is 9.25. The Morgan fingerprint density at radius 2 is 2.11 bits per heavy atom. The van der Waals surface area contributed by atoms with Crippen LogP contribution >= 0.6 is 11.5 Å².